The average Bonchev–Trinajstić information content (AvgIpc) is 2.41. The van der Waals surface area contributed by atoms with Gasteiger partial charge < -0.3 is 15.2 Å². The highest BCUT2D eigenvalue weighted by Gasteiger charge is 2.45. The summed E-state index contributed by atoms with van der Waals surface area (Å²) in [6, 6.07) is 6.07. The van der Waals surface area contributed by atoms with Crippen LogP contribution in [0.1, 0.15) is 50.6 Å². The molecule has 0 radical (unpaired) electrons. The van der Waals surface area contributed by atoms with Crippen molar-refractivity contribution in [2.75, 3.05) is 7.11 Å². The van der Waals surface area contributed by atoms with Crippen molar-refractivity contribution < 1.29 is 9.47 Å². The van der Waals surface area contributed by atoms with Crippen molar-refractivity contribution >= 4 is 0 Å². The van der Waals surface area contributed by atoms with Gasteiger partial charge in [-0.25, -0.2) is 0 Å². The second-order valence-corrected chi connectivity index (χ2v) is 6.03. The molecular weight excluding hydrogens is 238 g/mol. The standard InChI is InChI=1S/C16H23NO2/c1-11-5-3-4-8-16(11)10-14(17)13-7-6-12(18-2)9-15(13)19-16/h6-7,9,11,14H,3-5,8,10,17H2,1-2H3/t11?,14-,16?/m0/s1. The minimum absolute atomic E-state index is 0.0585. The first-order valence-electron chi connectivity index (χ1n) is 7.27. The highest BCUT2D eigenvalue weighted by molar-refractivity contribution is 5.44. The number of ether oxygens (including phenoxy) is 2. The Hall–Kier alpha value is -1.22. The van der Waals surface area contributed by atoms with Crippen molar-refractivity contribution in [3.63, 3.8) is 0 Å². The van der Waals surface area contributed by atoms with E-state index in [4.69, 9.17) is 15.2 Å². The highest BCUT2D eigenvalue weighted by Crippen LogP contribution is 2.48. The van der Waals surface area contributed by atoms with E-state index in [0.29, 0.717) is 5.92 Å². The van der Waals surface area contributed by atoms with E-state index in [2.05, 4.69) is 6.92 Å². The molecule has 1 aliphatic carbocycles. The van der Waals surface area contributed by atoms with Gasteiger partial charge in [-0.15, -0.1) is 0 Å². The summed E-state index contributed by atoms with van der Waals surface area (Å²) in [7, 11) is 1.68. The lowest BCUT2D eigenvalue weighted by Gasteiger charge is -2.47. The molecule has 19 heavy (non-hydrogen) atoms. The van der Waals surface area contributed by atoms with Crippen LogP contribution in [-0.2, 0) is 0 Å². The van der Waals surface area contributed by atoms with Gasteiger partial charge in [0.15, 0.2) is 0 Å². The fourth-order valence-corrected chi connectivity index (χ4v) is 3.62. The average molecular weight is 261 g/mol. The molecule has 1 aromatic carbocycles. The van der Waals surface area contributed by atoms with Gasteiger partial charge in [-0.2, -0.15) is 0 Å². The predicted octanol–water partition coefficient (Wildman–Crippen LogP) is 3.43. The largest absolute Gasteiger partial charge is 0.497 e. The van der Waals surface area contributed by atoms with Crippen molar-refractivity contribution in [2.24, 2.45) is 11.7 Å². The molecule has 1 heterocycles. The quantitative estimate of drug-likeness (QED) is 0.842. The molecule has 0 aromatic heterocycles. The molecule has 2 unspecified atom stereocenters. The maximum Gasteiger partial charge on any atom is 0.128 e. The lowest BCUT2D eigenvalue weighted by atomic mass is 9.71. The number of hydrogen-bond acceptors (Lipinski definition) is 3. The van der Waals surface area contributed by atoms with Crippen molar-refractivity contribution in [2.45, 2.75) is 50.7 Å². The Morgan fingerprint density at radius 1 is 1.37 bits per heavy atom. The van der Waals surface area contributed by atoms with E-state index in [1.165, 1.54) is 19.3 Å². The maximum absolute atomic E-state index is 6.43. The molecule has 3 heteroatoms. The van der Waals surface area contributed by atoms with Crippen molar-refractivity contribution in [3.05, 3.63) is 23.8 Å². The molecule has 3 rings (SSSR count). The molecule has 1 aliphatic heterocycles. The predicted molar refractivity (Wildman–Crippen MR) is 75.5 cm³/mol. The number of benzene rings is 1. The zero-order valence-corrected chi connectivity index (χ0v) is 11.8. The maximum atomic E-state index is 6.43. The zero-order chi connectivity index (χ0) is 13.5. The van der Waals surface area contributed by atoms with Gasteiger partial charge in [0.25, 0.3) is 0 Å². The molecule has 1 aromatic rings. The number of methoxy groups -OCH3 is 1. The molecule has 2 aliphatic rings. The van der Waals surface area contributed by atoms with Gasteiger partial charge in [-0.05, 0) is 31.2 Å². The summed E-state index contributed by atoms with van der Waals surface area (Å²) in [6.45, 7) is 2.30. The van der Waals surface area contributed by atoms with E-state index in [9.17, 15) is 0 Å². The topological polar surface area (TPSA) is 44.5 Å². The van der Waals surface area contributed by atoms with Gasteiger partial charge in [0, 0.05) is 24.1 Å². The van der Waals surface area contributed by atoms with Gasteiger partial charge in [0.1, 0.15) is 17.1 Å². The van der Waals surface area contributed by atoms with Gasteiger partial charge >= 0.3 is 0 Å². The van der Waals surface area contributed by atoms with E-state index in [1.807, 2.05) is 18.2 Å². The molecule has 0 bridgehead atoms. The SMILES string of the molecule is COc1ccc2c(c1)OC1(CCCCC1C)C[C@@H]2N. The fourth-order valence-electron chi connectivity index (χ4n) is 3.62. The number of hydrogen-bond donors (Lipinski definition) is 1. The molecule has 0 saturated heterocycles. The first kappa shape index (κ1) is 12.8. The van der Waals surface area contributed by atoms with Crippen LogP contribution >= 0.6 is 0 Å². The Labute approximate surface area is 115 Å². The molecule has 1 saturated carbocycles. The van der Waals surface area contributed by atoms with Crippen molar-refractivity contribution in [3.8, 4) is 11.5 Å². The van der Waals surface area contributed by atoms with Crippen LogP contribution in [0.4, 0.5) is 0 Å². The second-order valence-electron chi connectivity index (χ2n) is 6.03. The van der Waals surface area contributed by atoms with Crippen LogP contribution in [0.3, 0.4) is 0 Å². The van der Waals surface area contributed by atoms with E-state index in [1.54, 1.807) is 7.11 Å². The molecule has 3 nitrogen and oxygen atoms in total. The third kappa shape index (κ3) is 2.10. The van der Waals surface area contributed by atoms with Crippen LogP contribution in [0, 0.1) is 5.92 Å². The minimum Gasteiger partial charge on any atom is -0.497 e. The number of nitrogens with two attached hydrogens (primary N) is 1. The summed E-state index contributed by atoms with van der Waals surface area (Å²) >= 11 is 0. The van der Waals surface area contributed by atoms with Crippen LogP contribution in [0.5, 0.6) is 11.5 Å². The van der Waals surface area contributed by atoms with Gasteiger partial charge in [0.2, 0.25) is 0 Å². The molecule has 1 spiro atoms. The third-order valence-corrected chi connectivity index (χ3v) is 4.88. The molecule has 104 valence electrons. The van der Waals surface area contributed by atoms with Crippen molar-refractivity contribution in [1.82, 2.24) is 0 Å². The highest BCUT2D eigenvalue weighted by atomic mass is 16.5. The van der Waals surface area contributed by atoms with Gasteiger partial charge in [-0.1, -0.05) is 19.4 Å². The van der Waals surface area contributed by atoms with Crippen molar-refractivity contribution in [1.29, 1.82) is 0 Å². The summed E-state index contributed by atoms with van der Waals surface area (Å²) in [5.41, 5.74) is 7.44. The Bertz CT molecular complexity index is 474. The summed E-state index contributed by atoms with van der Waals surface area (Å²) in [6.07, 6.45) is 5.86. The monoisotopic (exact) mass is 261 g/mol. The van der Waals surface area contributed by atoms with Gasteiger partial charge in [-0.3, -0.25) is 0 Å². The summed E-state index contributed by atoms with van der Waals surface area (Å²) in [5, 5.41) is 0. The minimum atomic E-state index is -0.0585. The Balaban J connectivity index is 1.97. The smallest absolute Gasteiger partial charge is 0.128 e. The van der Waals surface area contributed by atoms with Crippen LogP contribution in [0.25, 0.3) is 0 Å². The first-order valence-corrected chi connectivity index (χ1v) is 7.27. The molecule has 2 N–H and O–H groups in total. The number of rotatable bonds is 1. The zero-order valence-electron chi connectivity index (χ0n) is 11.8. The van der Waals surface area contributed by atoms with Crippen LogP contribution in [0.15, 0.2) is 18.2 Å². The van der Waals surface area contributed by atoms with E-state index in [0.717, 1.165) is 29.9 Å². The Morgan fingerprint density at radius 3 is 2.95 bits per heavy atom. The summed E-state index contributed by atoms with van der Waals surface area (Å²) in [5.74, 6) is 2.34. The number of fused-ring (bicyclic) bond motifs is 1. The lowest BCUT2D eigenvalue weighted by molar-refractivity contribution is -0.0408. The summed E-state index contributed by atoms with van der Waals surface area (Å²) < 4.78 is 11.7. The Kier molecular flexibility index (Phi) is 3.17. The van der Waals surface area contributed by atoms with E-state index in [-0.39, 0.29) is 11.6 Å². The molecule has 3 atom stereocenters. The molecule has 1 fully saturated rings. The summed E-state index contributed by atoms with van der Waals surface area (Å²) in [4.78, 5) is 0. The second kappa shape index (κ2) is 4.71. The van der Waals surface area contributed by atoms with Crippen LogP contribution in [0.2, 0.25) is 0 Å². The van der Waals surface area contributed by atoms with E-state index < -0.39 is 0 Å². The van der Waals surface area contributed by atoms with E-state index >= 15 is 0 Å². The first-order chi connectivity index (χ1) is 9.14. The van der Waals surface area contributed by atoms with Crippen LogP contribution < -0.4 is 15.2 Å². The fraction of sp³-hybridized carbons (Fsp3) is 0.625. The third-order valence-electron chi connectivity index (χ3n) is 4.88. The van der Waals surface area contributed by atoms with Crippen LogP contribution in [-0.4, -0.2) is 12.7 Å². The Morgan fingerprint density at radius 2 is 2.21 bits per heavy atom. The molecule has 0 amide bonds. The van der Waals surface area contributed by atoms with Gasteiger partial charge in [0.05, 0.1) is 7.11 Å². The lowest BCUT2D eigenvalue weighted by Crippen LogP contribution is -2.49. The molecular formula is C16H23NO2. The normalized spacial score (nSPS) is 33.6.